The highest BCUT2D eigenvalue weighted by atomic mass is 32.1. The molecule has 0 bridgehead atoms. The lowest BCUT2D eigenvalue weighted by Gasteiger charge is -2.09. The minimum Gasteiger partial charge on any atom is -0.493 e. The van der Waals surface area contributed by atoms with E-state index < -0.39 is 0 Å². The molecule has 1 amide bonds. The Hall–Kier alpha value is -3.39. The molecule has 2 aromatic carbocycles. The molecular formula is C21H20N4O3S. The highest BCUT2D eigenvalue weighted by Gasteiger charge is 2.14. The number of fused-ring (bicyclic) bond motifs is 1. The zero-order chi connectivity index (χ0) is 20.4. The molecule has 1 N–H and O–H groups in total. The summed E-state index contributed by atoms with van der Waals surface area (Å²) in [6.45, 7) is 2.05. The van der Waals surface area contributed by atoms with Gasteiger partial charge in [-0.25, -0.2) is 4.52 Å². The molecule has 4 rings (SSSR count). The third kappa shape index (κ3) is 3.93. The van der Waals surface area contributed by atoms with Crippen LogP contribution in [0.1, 0.15) is 11.1 Å². The van der Waals surface area contributed by atoms with Gasteiger partial charge in [-0.15, -0.1) is 16.4 Å². The van der Waals surface area contributed by atoms with Crippen LogP contribution in [-0.2, 0) is 11.2 Å². The maximum atomic E-state index is 12.5. The van der Waals surface area contributed by atoms with Crippen LogP contribution in [0.2, 0.25) is 0 Å². The molecule has 0 aliphatic heterocycles. The molecule has 148 valence electrons. The Bertz CT molecular complexity index is 1160. The van der Waals surface area contributed by atoms with Gasteiger partial charge in [0.05, 0.1) is 26.3 Å². The van der Waals surface area contributed by atoms with Crippen molar-refractivity contribution in [2.24, 2.45) is 0 Å². The fourth-order valence-corrected chi connectivity index (χ4v) is 3.83. The van der Waals surface area contributed by atoms with Crippen molar-refractivity contribution in [2.45, 2.75) is 13.3 Å². The van der Waals surface area contributed by atoms with Crippen molar-refractivity contribution >= 4 is 28.2 Å². The molecule has 0 radical (unpaired) electrons. The number of amides is 1. The van der Waals surface area contributed by atoms with Crippen LogP contribution in [0.4, 0.5) is 5.95 Å². The summed E-state index contributed by atoms with van der Waals surface area (Å²) in [7, 11) is 3.14. The lowest BCUT2D eigenvalue weighted by molar-refractivity contribution is -0.115. The number of carbonyl (C=O) groups excluding carboxylic acids is 1. The van der Waals surface area contributed by atoms with Gasteiger partial charge in [-0.3, -0.25) is 10.1 Å². The molecule has 0 aliphatic carbocycles. The number of nitrogens with zero attached hydrogens (tertiary/aromatic N) is 3. The van der Waals surface area contributed by atoms with Gasteiger partial charge < -0.3 is 9.47 Å². The van der Waals surface area contributed by atoms with Crippen LogP contribution in [0.5, 0.6) is 11.5 Å². The first-order valence-corrected chi connectivity index (χ1v) is 9.87. The predicted octanol–water partition coefficient (Wildman–Crippen LogP) is 3.96. The number of rotatable bonds is 6. The summed E-state index contributed by atoms with van der Waals surface area (Å²) in [5, 5.41) is 9.24. The van der Waals surface area contributed by atoms with E-state index in [2.05, 4.69) is 34.5 Å². The van der Waals surface area contributed by atoms with Crippen molar-refractivity contribution in [1.29, 1.82) is 0 Å². The largest absolute Gasteiger partial charge is 0.493 e. The second-order valence-corrected chi connectivity index (χ2v) is 7.37. The Labute approximate surface area is 171 Å². The van der Waals surface area contributed by atoms with E-state index in [0.717, 1.165) is 21.8 Å². The van der Waals surface area contributed by atoms with Gasteiger partial charge in [0, 0.05) is 10.9 Å². The first-order valence-electron chi connectivity index (χ1n) is 8.99. The monoisotopic (exact) mass is 408 g/mol. The molecule has 0 aliphatic rings. The number of carbonyl (C=O) groups is 1. The maximum Gasteiger partial charge on any atom is 0.250 e. The third-order valence-corrected chi connectivity index (χ3v) is 5.31. The molecule has 4 aromatic rings. The van der Waals surface area contributed by atoms with Crippen LogP contribution in [0.3, 0.4) is 0 Å². The van der Waals surface area contributed by atoms with Crippen LogP contribution >= 0.6 is 11.3 Å². The Balaban J connectivity index is 1.51. The molecule has 7 nitrogen and oxygen atoms in total. The number of aryl methyl sites for hydroxylation is 1. The molecule has 29 heavy (non-hydrogen) atoms. The molecule has 2 heterocycles. The average Bonchev–Trinajstić information content (AvgIpc) is 3.28. The first-order chi connectivity index (χ1) is 14.1. The molecule has 0 atom stereocenters. The highest BCUT2D eigenvalue weighted by Crippen LogP contribution is 2.28. The SMILES string of the molecule is COc1ccc(CC(=O)Nc2nc3scc(-c4ccc(C)cc4)n3n2)cc1OC. The van der Waals surface area contributed by atoms with Gasteiger partial charge in [0.25, 0.3) is 0 Å². The van der Waals surface area contributed by atoms with Crippen LogP contribution in [0.25, 0.3) is 16.2 Å². The van der Waals surface area contributed by atoms with E-state index in [1.165, 1.54) is 16.9 Å². The van der Waals surface area contributed by atoms with Crippen LogP contribution < -0.4 is 14.8 Å². The fraction of sp³-hybridized carbons (Fsp3) is 0.190. The van der Waals surface area contributed by atoms with Crippen molar-refractivity contribution in [1.82, 2.24) is 14.6 Å². The van der Waals surface area contributed by atoms with Crippen molar-refractivity contribution in [3.8, 4) is 22.8 Å². The van der Waals surface area contributed by atoms with E-state index in [1.807, 2.05) is 23.6 Å². The Morgan fingerprint density at radius 1 is 1.10 bits per heavy atom. The van der Waals surface area contributed by atoms with Crippen molar-refractivity contribution in [3.63, 3.8) is 0 Å². The van der Waals surface area contributed by atoms with Crippen LogP contribution in [0, 0.1) is 6.92 Å². The minimum atomic E-state index is -0.202. The number of ether oxygens (including phenoxy) is 2. The second kappa shape index (κ2) is 7.92. The first kappa shape index (κ1) is 18.9. The van der Waals surface area contributed by atoms with E-state index in [1.54, 1.807) is 30.9 Å². The van der Waals surface area contributed by atoms with Gasteiger partial charge in [-0.05, 0) is 24.6 Å². The molecule has 0 saturated heterocycles. The molecule has 2 aromatic heterocycles. The number of thiazole rings is 1. The van der Waals surface area contributed by atoms with Gasteiger partial charge in [0.2, 0.25) is 16.8 Å². The van der Waals surface area contributed by atoms with Crippen LogP contribution in [-0.4, -0.2) is 34.7 Å². The van der Waals surface area contributed by atoms with Crippen molar-refractivity contribution < 1.29 is 14.3 Å². The van der Waals surface area contributed by atoms with E-state index in [-0.39, 0.29) is 18.3 Å². The zero-order valence-corrected chi connectivity index (χ0v) is 17.1. The summed E-state index contributed by atoms with van der Waals surface area (Å²) in [4.78, 5) is 17.6. The summed E-state index contributed by atoms with van der Waals surface area (Å²) < 4.78 is 12.3. The van der Waals surface area contributed by atoms with Gasteiger partial charge >= 0.3 is 0 Å². The number of benzene rings is 2. The number of methoxy groups -OCH3 is 2. The summed E-state index contributed by atoms with van der Waals surface area (Å²) >= 11 is 1.48. The molecule has 0 saturated carbocycles. The summed E-state index contributed by atoms with van der Waals surface area (Å²) in [6.07, 6.45) is 0.179. The number of aromatic nitrogens is 3. The number of hydrogen-bond donors (Lipinski definition) is 1. The lowest BCUT2D eigenvalue weighted by atomic mass is 10.1. The van der Waals surface area contributed by atoms with E-state index in [4.69, 9.17) is 9.47 Å². The molecular weight excluding hydrogens is 388 g/mol. The van der Waals surface area contributed by atoms with Crippen LogP contribution in [0.15, 0.2) is 47.8 Å². The smallest absolute Gasteiger partial charge is 0.250 e. The van der Waals surface area contributed by atoms with E-state index in [9.17, 15) is 4.79 Å². The van der Waals surface area contributed by atoms with Gasteiger partial charge in [-0.2, -0.15) is 4.98 Å². The van der Waals surface area contributed by atoms with Gasteiger partial charge in [0.1, 0.15) is 0 Å². The molecule has 0 unspecified atom stereocenters. The molecule has 8 heteroatoms. The number of nitrogens with one attached hydrogen (secondary N) is 1. The second-order valence-electron chi connectivity index (χ2n) is 6.53. The van der Waals surface area contributed by atoms with E-state index >= 15 is 0 Å². The Morgan fingerprint density at radius 3 is 2.59 bits per heavy atom. The fourth-order valence-electron chi connectivity index (χ4n) is 3.00. The maximum absolute atomic E-state index is 12.5. The van der Waals surface area contributed by atoms with Gasteiger partial charge in [0.15, 0.2) is 11.5 Å². The van der Waals surface area contributed by atoms with Crippen molar-refractivity contribution in [2.75, 3.05) is 19.5 Å². The number of anilines is 1. The van der Waals surface area contributed by atoms with E-state index in [0.29, 0.717) is 11.5 Å². The Morgan fingerprint density at radius 2 is 1.86 bits per heavy atom. The van der Waals surface area contributed by atoms with Crippen molar-refractivity contribution in [3.05, 3.63) is 59.0 Å². The highest BCUT2D eigenvalue weighted by molar-refractivity contribution is 7.15. The standard InChI is InChI=1S/C21H20N4O3S/c1-13-4-7-15(8-5-13)16-12-29-21-23-20(24-25(16)21)22-19(26)11-14-6-9-17(27-2)18(10-14)28-3/h4-10,12H,11H2,1-3H3,(H,22,24,26). The lowest BCUT2D eigenvalue weighted by Crippen LogP contribution is -2.15. The summed E-state index contributed by atoms with van der Waals surface area (Å²) in [6, 6.07) is 13.6. The average molecular weight is 408 g/mol. The normalized spacial score (nSPS) is 10.9. The zero-order valence-electron chi connectivity index (χ0n) is 16.3. The molecule has 0 spiro atoms. The number of hydrogen-bond acceptors (Lipinski definition) is 6. The predicted molar refractivity (Wildman–Crippen MR) is 113 cm³/mol. The topological polar surface area (TPSA) is 77.8 Å². The summed E-state index contributed by atoms with van der Waals surface area (Å²) in [5.41, 5.74) is 4.00. The minimum absolute atomic E-state index is 0.179. The summed E-state index contributed by atoms with van der Waals surface area (Å²) in [5.74, 6) is 1.29. The Kier molecular flexibility index (Phi) is 5.18. The van der Waals surface area contributed by atoms with Gasteiger partial charge in [-0.1, -0.05) is 35.9 Å². The molecule has 0 fully saturated rings. The third-order valence-electron chi connectivity index (χ3n) is 4.49. The quantitative estimate of drug-likeness (QED) is 0.522.